The third kappa shape index (κ3) is 3.56. The standard InChI is InChI=1S/C24H25ClN4O3/c1-3-4-11-29-22(25)21(15(2)27-29)23-26-18-8-6-5-7-17(18)24(30)28(23)13-16-9-10-19-20(12-16)32-14-31-19/h5-10,12,23,26H,3-4,11,13-14H2,1-2H3. The largest absolute Gasteiger partial charge is 0.454 e. The average molecular weight is 453 g/mol. The zero-order valence-electron chi connectivity index (χ0n) is 18.1. The van der Waals surface area contributed by atoms with Crippen molar-refractivity contribution in [1.82, 2.24) is 14.7 Å². The molecule has 166 valence electrons. The molecular formula is C24H25ClN4O3. The van der Waals surface area contributed by atoms with Crippen LogP contribution in [0.5, 0.6) is 11.5 Å². The zero-order valence-corrected chi connectivity index (χ0v) is 18.9. The summed E-state index contributed by atoms with van der Waals surface area (Å²) in [5.41, 5.74) is 4.01. The van der Waals surface area contributed by atoms with Gasteiger partial charge in [-0.05, 0) is 43.2 Å². The highest BCUT2D eigenvalue weighted by molar-refractivity contribution is 6.30. The summed E-state index contributed by atoms with van der Waals surface area (Å²) < 4.78 is 12.8. The molecule has 0 saturated carbocycles. The van der Waals surface area contributed by atoms with Crippen LogP contribution in [0.2, 0.25) is 5.15 Å². The molecule has 0 bridgehead atoms. The number of fused-ring (bicyclic) bond motifs is 2. The number of rotatable bonds is 6. The van der Waals surface area contributed by atoms with Gasteiger partial charge in [-0.25, -0.2) is 0 Å². The number of nitrogens with zero attached hydrogens (tertiary/aromatic N) is 3. The number of hydrogen-bond donors (Lipinski definition) is 1. The minimum absolute atomic E-state index is 0.0567. The number of aryl methyl sites for hydroxylation is 2. The third-order valence-electron chi connectivity index (χ3n) is 5.92. The SMILES string of the molecule is CCCCn1nc(C)c(C2Nc3ccccc3C(=O)N2Cc2ccc3c(c2)OCO3)c1Cl. The van der Waals surface area contributed by atoms with E-state index < -0.39 is 6.17 Å². The molecule has 0 saturated heterocycles. The summed E-state index contributed by atoms with van der Waals surface area (Å²) in [4.78, 5) is 15.4. The number of anilines is 1. The Morgan fingerprint density at radius 2 is 2.00 bits per heavy atom. The number of carbonyl (C=O) groups excluding carboxylic acids is 1. The Bertz CT molecular complexity index is 1180. The molecule has 7 nitrogen and oxygen atoms in total. The van der Waals surface area contributed by atoms with Crippen LogP contribution in [0.15, 0.2) is 42.5 Å². The highest BCUT2D eigenvalue weighted by Crippen LogP contribution is 2.39. The first-order valence-electron chi connectivity index (χ1n) is 10.8. The van der Waals surface area contributed by atoms with Crippen molar-refractivity contribution in [3.63, 3.8) is 0 Å². The molecule has 8 heteroatoms. The van der Waals surface area contributed by atoms with E-state index in [1.165, 1.54) is 0 Å². The Morgan fingerprint density at radius 3 is 2.84 bits per heavy atom. The minimum atomic E-state index is -0.439. The van der Waals surface area contributed by atoms with E-state index in [4.69, 9.17) is 21.1 Å². The Morgan fingerprint density at radius 1 is 1.19 bits per heavy atom. The van der Waals surface area contributed by atoms with Crippen molar-refractivity contribution >= 4 is 23.2 Å². The third-order valence-corrected chi connectivity index (χ3v) is 6.32. The predicted molar refractivity (Wildman–Crippen MR) is 122 cm³/mol. The molecule has 5 rings (SSSR count). The molecule has 0 radical (unpaired) electrons. The second-order valence-electron chi connectivity index (χ2n) is 8.08. The molecule has 1 N–H and O–H groups in total. The van der Waals surface area contributed by atoms with E-state index in [0.717, 1.165) is 47.6 Å². The van der Waals surface area contributed by atoms with E-state index in [0.29, 0.717) is 23.0 Å². The highest BCUT2D eigenvalue weighted by atomic mass is 35.5. The first-order valence-corrected chi connectivity index (χ1v) is 11.2. The molecule has 0 fully saturated rings. The van der Waals surface area contributed by atoms with Gasteiger partial charge < -0.3 is 19.7 Å². The fraction of sp³-hybridized carbons (Fsp3) is 0.333. The lowest BCUT2D eigenvalue weighted by Gasteiger charge is -2.38. The summed E-state index contributed by atoms with van der Waals surface area (Å²) in [6.45, 7) is 5.42. The number of benzene rings is 2. The molecule has 2 aromatic carbocycles. The van der Waals surface area contributed by atoms with Gasteiger partial charge in [-0.3, -0.25) is 9.48 Å². The normalized spacial score (nSPS) is 16.8. The number of unbranched alkanes of at least 4 members (excludes halogenated alkanes) is 1. The average Bonchev–Trinajstić information content (AvgIpc) is 3.37. The smallest absolute Gasteiger partial charge is 0.258 e. The fourth-order valence-electron chi connectivity index (χ4n) is 4.25. The molecule has 2 aliphatic heterocycles. The number of hydrogen-bond acceptors (Lipinski definition) is 5. The van der Waals surface area contributed by atoms with Crippen LogP contribution in [0.25, 0.3) is 0 Å². The topological polar surface area (TPSA) is 68.6 Å². The molecule has 1 atom stereocenters. The van der Waals surface area contributed by atoms with Gasteiger partial charge in [0, 0.05) is 18.8 Å². The molecule has 32 heavy (non-hydrogen) atoms. The predicted octanol–water partition coefficient (Wildman–Crippen LogP) is 5.14. The van der Waals surface area contributed by atoms with Gasteiger partial charge in [0.2, 0.25) is 6.79 Å². The van der Waals surface area contributed by atoms with Gasteiger partial charge in [-0.1, -0.05) is 43.1 Å². The molecule has 3 aromatic rings. The minimum Gasteiger partial charge on any atom is -0.454 e. The number of aromatic nitrogens is 2. The number of carbonyl (C=O) groups is 1. The van der Waals surface area contributed by atoms with Crippen molar-refractivity contribution in [2.75, 3.05) is 12.1 Å². The van der Waals surface area contributed by atoms with Crippen LogP contribution >= 0.6 is 11.6 Å². The summed E-state index contributed by atoms with van der Waals surface area (Å²) in [7, 11) is 0. The van der Waals surface area contributed by atoms with E-state index >= 15 is 0 Å². The van der Waals surface area contributed by atoms with Gasteiger partial charge in [0.05, 0.1) is 16.8 Å². The van der Waals surface area contributed by atoms with E-state index in [-0.39, 0.29) is 12.7 Å². The van der Waals surface area contributed by atoms with Crippen LogP contribution in [-0.2, 0) is 13.1 Å². The molecule has 1 amide bonds. The fourth-order valence-corrected chi connectivity index (χ4v) is 4.62. The van der Waals surface area contributed by atoms with Gasteiger partial charge in [-0.15, -0.1) is 0 Å². The quantitative estimate of drug-likeness (QED) is 0.560. The Kier molecular flexibility index (Phi) is 5.43. The summed E-state index contributed by atoms with van der Waals surface area (Å²) in [5, 5.41) is 8.76. The van der Waals surface area contributed by atoms with Gasteiger partial charge in [0.1, 0.15) is 11.3 Å². The molecule has 0 spiro atoms. The highest BCUT2D eigenvalue weighted by Gasteiger charge is 2.36. The summed E-state index contributed by atoms with van der Waals surface area (Å²) in [5.74, 6) is 1.35. The van der Waals surface area contributed by atoms with Gasteiger partial charge >= 0.3 is 0 Å². The van der Waals surface area contributed by atoms with Crippen LogP contribution in [-0.4, -0.2) is 27.4 Å². The number of halogens is 1. The number of para-hydroxylation sites is 1. The Hall–Kier alpha value is -3.19. The first kappa shape index (κ1) is 20.7. The monoisotopic (exact) mass is 452 g/mol. The summed E-state index contributed by atoms with van der Waals surface area (Å²) in [6, 6.07) is 13.3. The van der Waals surface area contributed by atoms with E-state index in [9.17, 15) is 4.79 Å². The van der Waals surface area contributed by atoms with Crippen molar-refractivity contribution in [2.45, 2.75) is 45.9 Å². The van der Waals surface area contributed by atoms with Crippen molar-refractivity contribution in [3.05, 3.63) is 70.0 Å². The Labute approximate surface area is 191 Å². The van der Waals surface area contributed by atoms with Crippen molar-refractivity contribution in [2.24, 2.45) is 0 Å². The second-order valence-corrected chi connectivity index (χ2v) is 8.44. The van der Waals surface area contributed by atoms with E-state index in [1.54, 1.807) is 4.90 Å². The first-order chi connectivity index (χ1) is 15.6. The maximum atomic E-state index is 13.6. The molecule has 1 aromatic heterocycles. The maximum Gasteiger partial charge on any atom is 0.258 e. The summed E-state index contributed by atoms with van der Waals surface area (Å²) >= 11 is 6.80. The van der Waals surface area contributed by atoms with Crippen LogP contribution in [0.3, 0.4) is 0 Å². The van der Waals surface area contributed by atoms with E-state index in [1.807, 2.05) is 54.1 Å². The molecule has 3 heterocycles. The molecule has 1 unspecified atom stereocenters. The van der Waals surface area contributed by atoms with Crippen LogP contribution in [0, 0.1) is 6.92 Å². The van der Waals surface area contributed by atoms with Crippen molar-refractivity contribution in [3.8, 4) is 11.5 Å². The number of nitrogens with one attached hydrogen (secondary N) is 1. The van der Waals surface area contributed by atoms with Gasteiger partial charge in [-0.2, -0.15) is 5.10 Å². The lowest BCUT2D eigenvalue weighted by molar-refractivity contribution is 0.0666. The van der Waals surface area contributed by atoms with Crippen molar-refractivity contribution in [1.29, 1.82) is 0 Å². The number of amides is 1. The van der Waals surface area contributed by atoms with Crippen LogP contribution < -0.4 is 14.8 Å². The lowest BCUT2D eigenvalue weighted by Crippen LogP contribution is -2.42. The van der Waals surface area contributed by atoms with E-state index in [2.05, 4.69) is 17.3 Å². The van der Waals surface area contributed by atoms with Gasteiger partial charge in [0.25, 0.3) is 5.91 Å². The van der Waals surface area contributed by atoms with Crippen LogP contribution in [0.4, 0.5) is 5.69 Å². The molecule has 0 aliphatic carbocycles. The van der Waals surface area contributed by atoms with Crippen LogP contribution in [0.1, 0.15) is 53.1 Å². The van der Waals surface area contributed by atoms with Crippen molar-refractivity contribution < 1.29 is 14.3 Å². The maximum absolute atomic E-state index is 13.6. The summed E-state index contributed by atoms with van der Waals surface area (Å²) in [6.07, 6.45) is 1.60. The number of ether oxygens (including phenoxy) is 2. The zero-order chi connectivity index (χ0) is 22.2. The lowest BCUT2D eigenvalue weighted by atomic mass is 10.0. The Balaban J connectivity index is 1.55. The van der Waals surface area contributed by atoms with Gasteiger partial charge in [0.15, 0.2) is 11.5 Å². The molecular weight excluding hydrogens is 428 g/mol. The molecule has 2 aliphatic rings. The second kappa shape index (κ2) is 8.39.